The monoisotopic (exact) mass is 432 g/mol. The summed E-state index contributed by atoms with van der Waals surface area (Å²) in [7, 11) is 0. The molecular formula is C24H17I. The fourth-order valence-electron chi connectivity index (χ4n) is 3.95. The topological polar surface area (TPSA) is 0 Å². The third-order valence-electron chi connectivity index (χ3n) is 5.26. The Labute approximate surface area is 161 Å². The molecule has 2 aliphatic rings. The predicted molar refractivity (Wildman–Crippen MR) is 116 cm³/mol. The van der Waals surface area contributed by atoms with E-state index in [1.807, 2.05) is 0 Å². The maximum Gasteiger partial charge on any atom is 0.0136 e. The third-order valence-corrected chi connectivity index (χ3v) is 5.93. The van der Waals surface area contributed by atoms with Crippen molar-refractivity contribution in [2.45, 2.75) is 6.42 Å². The van der Waals surface area contributed by atoms with Crippen LogP contribution in [0, 0.1) is 9.49 Å². The van der Waals surface area contributed by atoms with Crippen molar-refractivity contribution in [3.8, 4) is 0 Å². The molecule has 0 saturated carbocycles. The zero-order valence-electron chi connectivity index (χ0n) is 13.7. The Balaban J connectivity index is 1.57. The molecule has 2 aliphatic carbocycles. The van der Waals surface area contributed by atoms with E-state index in [2.05, 4.69) is 108 Å². The Morgan fingerprint density at radius 3 is 2.64 bits per heavy atom. The summed E-state index contributed by atoms with van der Waals surface area (Å²) in [5.41, 5.74) is 6.95. The minimum absolute atomic E-state index is 0.488. The number of allylic oxidation sites excluding steroid dienone is 5. The first kappa shape index (κ1) is 15.2. The highest BCUT2D eigenvalue weighted by atomic mass is 127. The molecule has 0 aromatic heterocycles. The van der Waals surface area contributed by atoms with Gasteiger partial charge in [-0.2, -0.15) is 0 Å². The molecule has 0 saturated heterocycles. The van der Waals surface area contributed by atoms with E-state index in [0.717, 1.165) is 6.42 Å². The van der Waals surface area contributed by atoms with Gasteiger partial charge in [0.25, 0.3) is 0 Å². The highest BCUT2D eigenvalue weighted by molar-refractivity contribution is 14.1. The van der Waals surface area contributed by atoms with Crippen LogP contribution >= 0.6 is 22.6 Å². The second kappa shape index (κ2) is 5.99. The molecule has 1 atom stereocenters. The first-order chi connectivity index (χ1) is 12.3. The fourth-order valence-corrected chi connectivity index (χ4v) is 4.46. The highest BCUT2D eigenvalue weighted by Gasteiger charge is 2.23. The molecule has 0 bridgehead atoms. The largest absolute Gasteiger partial charge is 0.0760 e. The molecule has 1 heteroatoms. The van der Waals surface area contributed by atoms with E-state index in [1.165, 1.54) is 42.2 Å². The Morgan fingerprint density at radius 1 is 0.840 bits per heavy atom. The summed E-state index contributed by atoms with van der Waals surface area (Å²) in [6.07, 6.45) is 10.4. The van der Waals surface area contributed by atoms with Gasteiger partial charge in [0, 0.05) is 9.49 Å². The second-order valence-corrected chi connectivity index (χ2v) is 8.02. The zero-order chi connectivity index (χ0) is 16.8. The van der Waals surface area contributed by atoms with Crippen LogP contribution in [0.5, 0.6) is 0 Å². The number of hydrogen-bond donors (Lipinski definition) is 0. The van der Waals surface area contributed by atoms with Gasteiger partial charge in [0.2, 0.25) is 0 Å². The summed E-state index contributed by atoms with van der Waals surface area (Å²) >= 11 is 2.37. The van der Waals surface area contributed by atoms with Gasteiger partial charge in [0.05, 0.1) is 0 Å². The SMILES string of the molecule is Ic1ccc2cc(C3=CC=C4c5ccccc5C=CC4C3)ccc2c1. The second-order valence-electron chi connectivity index (χ2n) is 6.78. The molecule has 0 nitrogen and oxygen atoms in total. The molecule has 3 aromatic carbocycles. The molecule has 3 aromatic rings. The van der Waals surface area contributed by atoms with Crippen LogP contribution in [0.15, 0.2) is 78.9 Å². The van der Waals surface area contributed by atoms with Crippen LogP contribution in [0.2, 0.25) is 0 Å². The van der Waals surface area contributed by atoms with Gasteiger partial charge in [-0.3, -0.25) is 0 Å². The molecular weight excluding hydrogens is 415 g/mol. The summed E-state index contributed by atoms with van der Waals surface area (Å²) in [6.45, 7) is 0. The van der Waals surface area contributed by atoms with E-state index < -0.39 is 0 Å². The summed E-state index contributed by atoms with van der Waals surface area (Å²) in [4.78, 5) is 0. The predicted octanol–water partition coefficient (Wildman–Crippen LogP) is 6.96. The van der Waals surface area contributed by atoms with Crippen LogP contribution in [-0.4, -0.2) is 0 Å². The molecule has 0 spiro atoms. The van der Waals surface area contributed by atoms with Crippen LogP contribution < -0.4 is 0 Å². The molecule has 25 heavy (non-hydrogen) atoms. The molecule has 0 heterocycles. The molecule has 5 rings (SSSR count). The zero-order valence-corrected chi connectivity index (χ0v) is 15.9. The van der Waals surface area contributed by atoms with Gasteiger partial charge >= 0.3 is 0 Å². The third kappa shape index (κ3) is 2.67. The van der Waals surface area contributed by atoms with Gasteiger partial charge in [0.15, 0.2) is 0 Å². The standard InChI is InChI=1S/C24H17I/c25-22-11-9-18-13-17(6-7-20(18)15-22)19-10-12-24-21(14-19)8-5-16-3-1-2-4-23(16)24/h1-13,15,21H,14H2. The smallest absolute Gasteiger partial charge is 0.0136 e. The van der Waals surface area contributed by atoms with Crippen molar-refractivity contribution in [2.75, 3.05) is 0 Å². The van der Waals surface area contributed by atoms with Gasteiger partial charge in [-0.25, -0.2) is 0 Å². The summed E-state index contributed by atoms with van der Waals surface area (Å²) < 4.78 is 1.29. The quantitative estimate of drug-likeness (QED) is 0.365. The first-order valence-corrected chi connectivity index (χ1v) is 9.74. The normalized spacial score (nSPS) is 18.4. The van der Waals surface area contributed by atoms with Crippen molar-refractivity contribution in [3.05, 3.63) is 99.2 Å². The Hall–Kier alpha value is -2.13. The number of rotatable bonds is 1. The minimum atomic E-state index is 0.488. The number of fused-ring (bicyclic) bond motifs is 4. The van der Waals surface area contributed by atoms with Gasteiger partial charge in [-0.15, -0.1) is 0 Å². The van der Waals surface area contributed by atoms with Crippen molar-refractivity contribution in [3.63, 3.8) is 0 Å². The van der Waals surface area contributed by atoms with Crippen molar-refractivity contribution in [1.29, 1.82) is 0 Å². The molecule has 1 unspecified atom stereocenters. The van der Waals surface area contributed by atoms with Crippen molar-refractivity contribution >= 4 is 50.6 Å². The molecule has 0 radical (unpaired) electrons. The summed E-state index contributed by atoms with van der Waals surface area (Å²) in [5.74, 6) is 0.488. The number of benzene rings is 3. The van der Waals surface area contributed by atoms with E-state index in [-0.39, 0.29) is 0 Å². The van der Waals surface area contributed by atoms with E-state index >= 15 is 0 Å². The first-order valence-electron chi connectivity index (χ1n) is 8.66. The van der Waals surface area contributed by atoms with Crippen LogP contribution in [0.4, 0.5) is 0 Å². The van der Waals surface area contributed by atoms with Crippen molar-refractivity contribution in [1.82, 2.24) is 0 Å². The maximum atomic E-state index is 2.37. The lowest BCUT2D eigenvalue weighted by atomic mass is 9.77. The van der Waals surface area contributed by atoms with Crippen LogP contribution in [0.25, 0.3) is 28.0 Å². The molecule has 0 aliphatic heterocycles. The maximum absolute atomic E-state index is 2.37. The van der Waals surface area contributed by atoms with Crippen LogP contribution in [-0.2, 0) is 0 Å². The highest BCUT2D eigenvalue weighted by Crippen LogP contribution is 2.41. The lowest BCUT2D eigenvalue weighted by Gasteiger charge is -2.27. The van der Waals surface area contributed by atoms with Gasteiger partial charge in [-0.1, -0.05) is 66.8 Å². The van der Waals surface area contributed by atoms with Gasteiger partial charge in [-0.05, 0) is 85.8 Å². The number of halogens is 1. The van der Waals surface area contributed by atoms with E-state index in [0.29, 0.717) is 5.92 Å². The van der Waals surface area contributed by atoms with Crippen LogP contribution in [0.3, 0.4) is 0 Å². The average Bonchev–Trinajstić information content (AvgIpc) is 2.67. The Kier molecular flexibility index (Phi) is 3.63. The number of hydrogen-bond acceptors (Lipinski definition) is 0. The molecule has 0 N–H and O–H groups in total. The molecule has 120 valence electrons. The van der Waals surface area contributed by atoms with Crippen molar-refractivity contribution in [2.24, 2.45) is 5.92 Å². The lowest BCUT2D eigenvalue weighted by Crippen LogP contribution is -2.09. The van der Waals surface area contributed by atoms with Crippen molar-refractivity contribution < 1.29 is 0 Å². The fraction of sp³-hybridized carbons (Fsp3) is 0.0833. The molecule has 0 amide bonds. The Morgan fingerprint density at radius 2 is 1.68 bits per heavy atom. The van der Waals surface area contributed by atoms with Gasteiger partial charge < -0.3 is 0 Å². The summed E-state index contributed by atoms with van der Waals surface area (Å²) in [5, 5.41) is 2.63. The van der Waals surface area contributed by atoms with Gasteiger partial charge in [0.1, 0.15) is 0 Å². The molecule has 0 fully saturated rings. The van der Waals surface area contributed by atoms with E-state index in [9.17, 15) is 0 Å². The lowest BCUT2D eigenvalue weighted by molar-refractivity contribution is 0.857. The summed E-state index contributed by atoms with van der Waals surface area (Å²) in [6, 6.07) is 22.2. The van der Waals surface area contributed by atoms with E-state index in [1.54, 1.807) is 0 Å². The minimum Gasteiger partial charge on any atom is -0.0760 e. The van der Waals surface area contributed by atoms with E-state index in [4.69, 9.17) is 0 Å². The Bertz CT molecular complexity index is 1080. The average molecular weight is 432 g/mol. The van der Waals surface area contributed by atoms with Crippen LogP contribution in [0.1, 0.15) is 23.1 Å².